The molecular formula is C13H24N2O2S. The number of rotatable bonds is 1. The summed E-state index contributed by atoms with van der Waals surface area (Å²) in [6.45, 7) is 7.21. The third-order valence-corrected chi connectivity index (χ3v) is 3.86. The fourth-order valence-corrected chi connectivity index (χ4v) is 2.83. The Morgan fingerprint density at radius 3 is 2.28 bits per heavy atom. The van der Waals surface area contributed by atoms with Crippen LogP contribution in [-0.4, -0.2) is 48.0 Å². The lowest BCUT2D eigenvalue weighted by molar-refractivity contribution is 0.0202. The van der Waals surface area contributed by atoms with Crippen molar-refractivity contribution in [2.45, 2.75) is 39.2 Å². The number of amides is 1. The van der Waals surface area contributed by atoms with Crippen LogP contribution in [0.3, 0.4) is 0 Å². The van der Waals surface area contributed by atoms with Gasteiger partial charge < -0.3 is 9.64 Å². The van der Waals surface area contributed by atoms with E-state index in [1.54, 1.807) is 16.7 Å². The van der Waals surface area contributed by atoms with Gasteiger partial charge in [-0.05, 0) is 39.9 Å². The average molecular weight is 272 g/mol. The van der Waals surface area contributed by atoms with Crippen molar-refractivity contribution < 1.29 is 9.53 Å². The van der Waals surface area contributed by atoms with Crippen LogP contribution >= 0.6 is 11.8 Å². The number of nitrogens with zero attached hydrogens (tertiary/aromatic N) is 2. The fraction of sp³-hybridized carbons (Fsp3) is 0.846. The highest BCUT2D eigenvalue weighted by Crippen LogP contribution is 2.24. The molecule has 104 valence electrons. The molecule has 0 aromatic carbocycles. The number of ether oxygens (including phenoxy) is 1. The Kier molecular flexibility index (Phi) is 5.50. The van der Waals surface area contributed by atoms with Crippen molar-refractivity contribution in [3.63, 3.8) is 0 Å². The van der Waals surface area contributed by atoms with Crippen molar-refractivity contribution in [3.05, 3.63) is 0 Å². The van der Waals surface area contributed by atoms with Gasteiger partial charge in [0.25, 0.3) is 0 Å². The highest BCUT2D eigenvalue weighted by molar-refractivity contribution is 8.13. The van der Waals surface area contributed by atoms with E-state index in [1.807, 2.05) is 27.8 Å². The smallest absolute Gasteiger partial charge is 0.410 e. The molecule has 0 aromatic rings. The molecule has 0 aliphatic carbocycles. The summed E-state index contributed by atoms with van der Waals surface area (Å²) in [5.41, 5.74) is -0.413. The number of likely N-dealkylation sites (tertiary alicyclic amines) is 1. The lowest BCUT2D eigenvalue weighted by Crippen LogP contribution is -2.42. The van der Waals surface area contributed by atoms with E-state index < -0.39 is 5.60 Å². The van der Waals surface area contributed by atoms with Crippen LogP contribution in [0.1, 0.15) is 33.6 Å². The Hall–Kier alpha value is -0.710. The zero-order valence-electron chi connectivity index (χ0n) is 12.0. The van der Waals surface area contributed by atoms with Crippen molar-refractivity contribution in [2.75, 3.05) is 26.4 Å². The topological polar surface area (TPSA) is 41.9 Å². The van der Waals surface area contributed by atoms with E-state index in [9.17, 15) is 4.79 Å². The number of aliphatic imine (C=N–C) groups is 1. The first-order valence-electron chi connectivity index (χ1n) is 6.36. The minimum atomic E-state index is -0.413. The molecule has 0 bridgehead atoms. The molecule has 0 saturated carbocycles. The summed E-state index contributed by atoms with van der Waals surface area (Å²) >= 11 is 1.71. The summed E-state index contributed by atoms with van der Waals surface area (Å²) in [5, 5.41) is 1.19. The first-order valence-corrected chi connectivity index (χ1v) is 7.58. The van der Waals surface area contributed by atoms with Crippen molar-refractivity contribution >= 4 is 22.9 Å². The third-order valence-electron chi connectivity index (χ3n) is 2.93. The van der Waals surface area contributed by atoms with E-state index in [0.717, 1.165) is 25.9 Å². The number of thioether (sulfide) groups is 1. The quantitative estimate of drug-likeness (QED) is 0.544. The molecule has 5 heteroatoms. The highest BCUT2D eigenvalue weighted by atomic mass is 32.2. The number of hydrogen-bond donors (Lipinski definition) is 0. The third kappa shape index (κ3) is 4.52. The SMILES string of the molecule is CN=C(SC)C1CCN(C(=O)OC(C)(C)C)CC1. The predicted molar refractivity (Wildman–Crippen MR) is 77.4 cm³/mol. The van der Waals surface area contributed by atoms with Gasteiger partial charge in [-0.2, -0.15) is 0 Å². The molecule has 0 unspecified atom stereocenters. The Bertz CT molecular complexity index is 315. The number of carbonyl (C=O) groups is 1. The van der Waals surface area contributed by atoms with Gasteiger partial charge in [-0.3, -0.25) is 4.99 Å². The molecule has 1 saturated heterocycles. The second-order valence-corrected chi connectivity index (χ2v) is 6.33. The Morgan fingerprint density at radius 2 is 1.89 bits per heavy atom. The molecule has 1 aliphatic heterocycles. The van der Waals surface area contributed by atoms with E-state index in [2.05, 4.69) is 11.2 Å². The van der Waals surface area contributed by atoms with E-state index in [-0.39, 0.29) is 6.09 Å². The van der Waals surface area contributed by atoms with Crippen LogP contribution in [0.15, 0.2) is 4.99 Å². The summed E-state index contributed by atoms with van der Waals surface area (Å²) in [6, 6.07) is 0. The van der Waals surface area contributed by atoms with Crippen LogP contribution in [0, 0.1) is 5.92 Å². The first-order chi connectivity index (χ1) is 8.37. The van der Waals surface area contributed by atoms with Crippen LogP contribution in [0.5, 0.6) is 0 Å². The zero-order chi connectivity index (χ0) is 13.8. The molecule has 0 radical (unpaired) electrons. The molecule has 18 heavy (non-hydrogen) atoms. The van der Waals surface area contributed by atoms with E-state index in [0.29, 0.717) is 5.92 Å². The van der Waals surface area contributed by atoms with Crippen molar-refractivity contribution in [1.82, 2.24) is 4.90 Å². The Labute approximate surface area is 114 Å². The van der Waals surface area contributed by atoms with Gasteiger partial charge in [-0.1, -0.05) is 0 Å². The van der Waals surface area contributed by atoms with Crippen molar-refractivity contribution in [2.24, 2.45) is 10.9 Å². The molecule has 0 spiro atoms. The Morgan fingerprint density at radius 1 is 1.33 bits per heavy atom. The maximum absolute atomic E-state index is 11.9. The monoisotopic (exact) mass is 272 g/mol. The second kappa shape index (κ2) is 6.45. The highest BCUT2D eigenvalue weighted by Gasteiger charge is 2.28. The van der Waals surface area contributed by atoms with Gasteiger partial charge in [-0.15, -0.1) is 11.8 Å². The summed E-state index contributed by atoms with van der Waals surface area (Å²) in [7, 11) is 1.84. The molecule has 1 aliphatic rings. The minimum absolute atomic E-state index is 0.194. The summed E-state index contributed by atoms with van der Waals surface area (Å²) in [4.78, 5) is 18.0. The zero-order valence-corrected chi connectivity index (χ0v) is 12.8. The van der Waals surface area contributed by atoms with Gasteiger partial charge in [0, 0.05) is 26.1 Å². The summed E-state index contributed by atoms with van der Waals surface area (Å²) in [5.74, 6) is 0.503. The van der Waals surface area contributed by atoms with E-state index in [4.69, 9.17) is 4.74 Å². The lowest BCUT2D eigenvalue weighted by Gasteiger charge is -2.33. The average Bonchev–Trinajstić information content (AvgIpc) is 2.29. The van der Waals surface area contributed by atoms with E-state index in [1.165, 1.54) is 5.04 Å². The molecule has 1 amide bonds. The second-order valence-electron chi connectivity index (χ2n) is 5.51. The van der Waals surface area contributed by atoms with Crippen molar-refractivity contribution in [3.8, 4) is 0 Å². The predicted octanol–water partition coefficient (Wildman–Crippen LogP) is 3.02. The van der Waals surface area contributed by atoms with Crippen LogP contribution in [0.2, 0.25) is 0 Å². The fourth-order valence-electron chi connectivity index (χ4n) is 2.08. The van der Waals surface area contributed by atoms with E-state index >= 15 is 0 Å². The summed E-state index contributed by atoms with van der Waals surface area (Å²) < 4.78 is 5.38. The number of hydrogen-bond acceptors (Lipinski definition) is 4. The largest absolute Gasteiger partial charge is 0.444 e. The minimum Gasteiger partial charge on any atom is -0.444 e. The lowest BCUT2D eigenvalue weighted by atomic mass is 9.98. The van der Waals surface area contributed by atoms with Crippen molar-refractivity contribution in [1.29, 1.82) is 0 Å². The molecule has 1 heterocycles. The van der Waals surface area contributed by atoms with Crippen LogP contribution in [-0.2, 0) is 4.74 Å². The molecular weight excluding hydrogens is 248 g/mol. The van der Waals surface area contributed by atoms with Crippen LogP contribution in [0.25, 0.3) is 0 Å². The standard InChI is InChI=1S/C13H24N2O2S/c1-13(2,3)17-12(16)15-8-6-10(7-9-15)11(14-4)18-5/h10H,6-9H2,1-5H3. The first kappa shape index (κ1) is 15.3. The maximum atomic E-state index is 11.9. The number of carbonyl (C=O) groups excluding carboxylic acids is 1. The van der Waals surface area contributed by atoms with Gasteiger partial charge in [0.15, 0.2) is 0 Å². The molecule has 4 nitrogen and oxygen atoms in total. The maximum Gasteiger partial charge on any atom is 0.410 e. The van der Waals surface area contributed by atoms with Gasteiger partial charge in [0.1, 0.15) is 5.60 Å². The van der Waals surface area contributed by atoms with Crippen LogP contribution in [0.4, 0.5) is 4.79 Å². The molecule has 1 rings (SSSR count). The molecule has 0 atom stereocenters. The van der Waals surface area contributed by atoms with Crippen LogP contribution < -0.4 is 0 Å². The van der Waals surface area contributed by atoms with Gasteiger partial charge in [0.2, 0.25) is 0 Å². The molecule has 1 fully saturated rings. The van der Waals surface area contributed by atoms with Gasteiger partial charge in [-0.25, -0.2) is 4.79 Å². The number of piperidine rings is 1. The summed E-state index contributed by atoms with van der Waals surface area (Å²) in [6.07, 6.45) is 3.82. The normalized spacial score (nSPS) is 18.9. The molecule has 0 N–H and O–H groups in total. The van der Waals surface area contributed by atoms with Gasteiger partial charge in [0.05, 0.1) is 5.04 Å². The Balaban J connectivity index is 2.47. The molecule has 0 aromatic heterocycles. The van der Waals surface area contributed by atoms with Gasteiger partial charge >= 0.3 is 6.09 Å².